The third kappa shape index (κ3) is 3.86. The van der Waals surface area contributed by atoms with Gasteiger partial charge in [0, 0.05) is 24.3 Å². The van der Waals surface area contributed by atoms with E-state index in [1.165, 1.54) is 12.1 Å². The first-order valence-corrected chi connectivity index (χ1v) is 10.3. The molecule has 2 aromatic rings. The largest absolute Gasteiger partial charge is 0.339 e. The molecule has 3 rings (SSSR count). The van der Waals surface area contributed by atoms with Crippen molar-refractivity contribution in [3.05, 3.63) is 58.1 Å². The maximum Gasteiger partial charge on any atom is 0.263 e. The molecule has 7 heteroatoms. The minimum atomic E-state index is -3.91. The molecule has 1 fully saturated rings. The SMILES string of the molecule is Cc1ccc(NS(=O)(=O)c2cc(C(=O)N3CCCC3)ccc2Cl)cc1C. The Morgan fingerprint density at radius 1 is 1.04 bits per heavy atom. The van der Waals surface area contributed by atoms with Crippen LogP contribution >= 0.6 is 11.6 Å². The number of benzene rings is 2. The number of carbonyl (C=O) groups excluding carboxylic acids is 1. The van der Waals surface area contributed by atoms with E-state index in [4.69, 9.17) is 11.6 Å². The number of nitrogens with one attached hydrogen (secondary N) is 1. The Labute approximate surface area is 159 Å². The summed E-state index contributed by atoms with van der Waals surface area (Å²) >= 11 is 6.12. The molecule has 1 N–H and O–H groups in total. The van der Waals surface area contributed by atoms with Gasteiger partial charge in [0.1, 0.15) is 4.90 Å². The van der Waals surface area contributed by atoms with Crippen LogP contribution in [0.5, 0.6) is 0 Å². The normalized spacial score (nSPS) is 14.5. The number of aryl methyl sites for hydroxylation is 2. The molecule has 0 bridgehead atoms. The maximum atomic E-state index is 12.8. The number of carbonyl (C=O) groups is 1. The van der Waals surface area contributed by atoms with E-state index in [1.54, 1.807) is 23.1 Å². The second kappa shape index (κ2) is 7.29. The lowest BCUT2D eigenvalue weighted by atomic mass is 10.1. The highest BCUT2D eigenvalue weighted by atomic mass is 35.5. The number of amides is 1. The van der Waals surface area contributed by atoms with Gasteiger partial charge in [-0.05, 0) is 68.1 Å². The Hall–Kier alpha value is -2.05. The molecule has 0 unspecified atom stereocenters. The number of nitrogens with zero attached hydrogens (tertiary/aromatic N) is 1. The monoisotopic (exact) mass is 392 g/mol. The molecule has 1 aliphatic heterocycles. The van der Waals surface area contributed by atoms with Crippen LogP contribution in [0.1, 0.15) is 34.3 Å². The van der Waals surface area contributed by atoms with Gasteiger partial charge < -0.3 is 4.90 Å². The molecule has 0 atom stereocenters. The fourth-order valence-corrected chi connectivity index (χ4v) is 4.54. The average Bonchev–Trinajstić information content (AvgIpc) is 3.12. The summed E-state index contributed by atoms with van der Waals surface area (Å²) in [5, 5.41) is 0.0827. The average molecular weight is 393 g/mol. The van der Waals surface area contributed by atoms with Crippen LogP contribution in [0, 0.1) is 13.8 Å². The predicted octanol–water partition coefficient (Wildman–Crippen LogP) is 3.99. The van der Waals surface area contributed by atoms with Crippen molar-refractivity contribution in [2.45, 2.75) is 31.6 Å². The standard InChI is InChI=1S/C19H21ClN2O3S/c1-13-5-7-16(11-14(13)2)21-26(24,25)18-12-15(6-8-17(18)20)19(23)22-9-3-4-10-22/h5-8,11-12,21H,3-4,9-10H2,1-2H3. The first-order valence-electron chi connectivity index (χ1n) is 8.47. The van der Waals surface area contributed by atoms with Crippen molar-refractivity contribution >= 4 is 33.2 Å². The molecule has 26 heavy (non-hydrogen) atoms. The minimum Gasteiger partial charge on any atom is -0.339 e. The summed E-state index contributed by atoms with van der Waals surface area (Å²) < 4.78 is 28.1. The molecule has 1 heterocycles. The predicted molar refractivity (Wildman–Crippen MR) is 103 cm³/mol. The van der Waals surface area contributed by atoms with E-state index in [2.05, 4.69) is 4.72 Å². The van der Waals surface area contributed by atoms with Gasteiger partial charge in [-0.2, -0.15) is 0 Å². The van der Waals surface area contributed by atoms with Gasteiger partial charge in [0.05, 0.1) is 5.02 Å². The fraction of sp³-hybridized carbons (Fsp3) is 0.316. The van der Waals surface area contributed by atoms with E-state index in [9.17, 15) is 13.2 Å². The van der Waals surface area contributed by atoms with Gasteiger partial charge in [-0.15, -0.1) is 0 Å². The van der Waals surface area contributed by atoms with Crippen LogP contribution in [-0.4, -0.2) is 32.3 Å². The van der Waals surface area contributed by atoms with Crippen LogP contribution in [0.25, 0.3) is 0 Å². The molecule has 138 valence electrons. The van der Waals surface area contributed by atoms with Crippen molar-refractivity contribution in [3.8, 4) is 0 Å². The number of hydrogen-bond acceptors (Lipinski definition) is 3. The maximum absolute atomic E-state index is 12.8. The van der Waals surface area contributed by atoms with Crippen LogP contribution in [0.4, 0.5) is 5.69 Å². The van der Waals surface area contributed by atoms with Crippen molar-refractivity contribution in [1.29, 1.82) is 0 Å². The third-order valence-electron chi connectivity index (χ3n) is 4.62. The molecular weight excluding hydrogens is 372 g/mol. The lowest BCUT2D eigenvalue weighted by Crippen LogP contribution is -2.27. The van der Waals surface area contributed by atoms with Crippen LogP contribution < -0.4 is 4.72 Å². The highest BCUT2D eigenvalue weighted by Crippen LogP contribution is 2.27. The highest BCUT2D eigenvalue weighted by molar-refractivity contribution is 7.92. The Morgan fingerprint density at radius 3 is 2.38 bits per heavy atom. The van der Waals surface area contributed by atoms with Gasteiger partial charge in [0.15, 0.2) is 0 Å². The molecule has 2 aromatic carbocycles. The number of halogens is 1. The van der Waals surface area contributed by atoms with Crippen LogP contribution in [0.15, 0.2) is 41.3 Å². The Balaban J connectivity index is 1.92. The quantitative estimate of drug-likeness (QED) is 0.855. The van der Waals surface area contributed by atoms with Gasteiger partial charge in [-0.25, -0.2) is 8.42 Å². The Kier molecular flexibility index (Phi) is 5.25. The van der Waals surface area contributed by atoms with Crippen LogP contribution in [0.2, 0.25) is 5.02 Å². The summed E-state index contributed by atoms with van der Waals surface area (Å²) in [7, 11) is -3.91. The Bertz CT molecular complexity index is 951. The summed E-state index contributed by atoms with van der Waals surface area (Å²) in [6, 6.07) is 9.69. The first-order chi connectivity index (χ1) is 12.3. The first kappa shape index (κ1) is 18.7. The topological polar surface area (TPSA) is 66.5 Å². The van der Waals surface area contributed by atoms with Crippen molar-refractivity contribution < 1.29 is 13.2 Å². The summed E-state index contributed by atoms with van der Waals surface area (Å²) in [5.41, 5.74) is 2.84. The van der Waals surface area contributed by atoms with E-state index in [-0.39, 0.29) is 15.8 Å². The van der Waals surface area contributed by atoms with Crippen molar-refractivity contribution in [2.24, 2.45) is 0 Å². The zero-order chi connectivity index (χ0) is 18.9. The summed E-state index contributed by atoms with van der Waals surface area (Å²) in [6.07, 6.45) is 1.94. The Morgan fingerprint density at radius 2 is 1.73 bits per heavy atom. The molecule has 0 radical (unpaired) electrons. The number of anilines is 1. The minimum absolute atomic E-state index is 0.0827. The van der Waals surface area contributed by atoms with Crippen molar-refractivity contribution in [2.75, 3.05) is 17.8 Å². The molecule has 5 nitrogen and oxygen atoms in total. The van der Waals surface area contributed by atoms with Crippen molar-refractivity contribution in [3.63, 3.8) is 0 Å². The van der Waals surface area contributed by atoms with Gasteiger partial charge in [-0.3, -0.25) is 9.52 Å². The van der Waals surface area contributed by atoms with E-state index in [1.807, 2.05) is 19.9 Å². The molecule has 0 spiro atoms. The lowest BCUT2D eigenvalue weighted by Gasteiger charge is -2.16. The number of likely N-dealkylation sites (tertiary alicyclic amines) is 1. The molecular formula is C19H21ClN2O3S. The molecule has 0 aliphatic carbocycles. The fourth-order valence-electron chi connectivity index (χ4n) is 2.96. The smallest absolute Gasteiger partial charge is 0.263 e. The van der Waals surface area contributed by atoms with E-state index in [0.717, 1.165) is 24.0 Å². The van der Waals surface area contributed by atoms with Gasteiger partial charge in [-0.1, -0.05) is 17.7 Å². The molecule has 1 amide bonds. The van der Waals surface area contributed by atoms with Crippen molar-refractivity contribution in [1.82, 2.24) is 4.90 Å². The van der Waals surface area contributed by atoms with E-state index >= 15 is 0 Å². The van der Waals surface area contributed by atoms with E-state index in [0.29, 0.717) is 24.3 Å². The second-order valence-corrected chi connectivity index (χ2v) is 8.61. The highest BCUT2D eigenvalue weighted by Gasteiger charge is 2.24. The summed E-state index contributed by atoms with van der Waals surface area (Å²) in [4.78, 5) is 14.2. The second-order valence-electron chi connectivity index (χ2n) is 6.55. The zero-order valence-electron chi connectivity index (χ0n) is 14.8. The lowest BCUT2D eigenvalue weighted by molar-refractivity contribution is 0.0792. The molecule has 1 saturated heterocycles. The van der Waals surface area contributed by atoms with Gasteiger partial charge in [0.25, 0.3) is 15.9 Å². The number of sulfonamides is 1. The molecule has 0 saturated carbocycles. The third-order valence-corrected chi connectivity index (χ3v) is 6.48. The number of hydrogen-bond donors (Lipinski definition) is 1. The number of rotatable bonds is 4. The summed E-state index contributed by atoms with van der Waals surface area (Å²) in [6.45, 7) is 5.27. The van der Waals surface area contributed by atoms with Crippen LogP contribution in [-0.2, 0) is 10.0 Å². The van der Waals surface area contributed by atoms with E-state index < -0.39 is 10.0 Å². The molecule has 1 aliphatic rings. The van der Waals surface area contributed by atoms with Crippen LogP contribution in [0.3, 0.4) is 0 Å². The van der Waals surface area contributed by atoms with Gasteiger partial charge in [0.2, 0.25) is 0 Å². The van der Waals surface area contributed by atoms with Gasteiger partial charge >= 0.3 is 0 Å². The molecule has 0 aromatic heterocycles. The zero-order valence-corrected chi connectivity index (χ0v) is 16.3. The summed E-state index contributed by atoms with van der Waals surface area (Å²) in [5.74, 6) is -0.165.